The number of anilines is 3. The molecule has 0 unspecified atom stereocenters. The number of aromatic nitrogens is 2. The summed E-state index contributed by atoms with van der Waals surface area (Å²) < 4.78 is 0. The van der Waals surface area contributed by atoms with Crippen molar-refractivity contribution in [1.82, 2.24) is 4.98 Å². The monoisotopic (exact) mass is 256 g/mol. The summed E-state index contributed by atoms with van der Waals surface area (Å²) >= 11 is 0. The molecule has 0 atom stereocenters. The number of aromatic amines is 1. The number of hydrogen-bond acceptors (Lipinski definition) is 4. The van der Waals surface area contributed by atoms with E-state index in [2.05, 4.69) is 25.8 Å². The van der Waals surface area contributed by atoms with E-state index in [0.717, 1.165) is 43.5 Å². The van der Waals surface area contributed by atoms with Gasteiger partial charge in [-0.2, -0.15) is 0 Å². The number of hydrogen-bond donors (Lipinski definition) is 1. The van der Waals surface area contributed by atoms with Gasteiger partial charge in [-0.3, -0.25) is 4.90 Å². The van der Waals surface area contributed by atoms with Crippen molar-refractivity contribution in [1.29, 1.82) is 0 Å². The van der Waals surface area contributed by atoms with Crippen molar-refractivity contribution in [2.45, 2.75) is 0 Å². The van der Waals surface area contributed by atoms with Crippen molar-refractivity contribution in [3.05, 3.63) is 42.7 Å². The maximum atomic E-state index is 5.69. The lowest BCUT2D eigenvalue weighted by molar-refractivity contribution is -0.363. The first kappa shape index (κ1) is 11.8. The molecule has 1 fully saturated rings. The second-order valence-corrected chi connectivity index (χ2v) is 4.67. The third-order valence-corrected chi connectivity index (χ3v) is 3.41. The molecule has 0 radical (unpaired) electrons. The Morgan fingerprint density at radius 2 is 1.79 bits per heavy atom. The number of pyridine rings is 2. The van der Waals surface area contributed by atoms with Gasteiger partial charge in [0.25, 0.3) is 5.82 Å². The topological polar surface area (TPSA) is 59.5 Å². The fourth-order valence-corrected chi connectivity index (χ4v) is 2.34. The number of nitrogens with zero attached hydrogens (tertiary/aromatic N) is 3. The molecule has 1 saturated heterocycles. The molecule has 0 saturated carbocycles. The number of nitrogens with one attached hydrogen (secondary N) is 1. The average molecular weight is 256 g/mol. The largest absolute Gasteiger partial charge is 0.396 e. The number of nitrogens with two attached hydrogens (primary N) is 1. The molecule has 1 aliphatic rings. The minimum absolute atomic E-state index is 0.760. The van der Waals surface area contributed by atoms with Crippen LogP contribution >= 0.6 is 0 Å². The van der Waals surface area contributed by atoms with Gasteiger partial charge in [0, 0.05) is 12.3 Å². The smallest absolute Gasteiger partial charge is 0.274 e. The lowest BCUT2D eigenvalue weighted by Gasteiger charge is -2.31. The molecule has 19 heavy (non-hydrogen) atoms. The van der Waals surface area contributed by atoms with Crippen molar-refractivity contribution in [2.75, 3.05) is 41.7 Å². The molecule has 3 heterocycles. The van der Waals surface area contributed by atoms with Crippen molar-refractivity contribution in [3.8, 4) is 0 Å². The third kappa shape index (κ3) is 2.59. The Morgan fingerprint density at radius 3 is 2.42 bits per heavy atom. The van der Waals surface area contributed by atoms with Crippen LogP contribution in [0.15, 0.2) is 42.7 Å². The van der Waals surface area contributed by atoms with Gasteiger partial charge in [0.05, 0.1) is 18.8 Å². The predicted molar refractivity (Wildman–Crippen MR) is 76.1 cm³/mol. The highest BCUT2D eigenvalue weighted by molar-refractivity contribution is 5.44. The molecule has 0 aliphatic carbocycles. The number of nitrogen functional groups attached to an aromatic ring is 1. The highest BCUT2D eigenvalue weighted by Crippen LogP contribution is 2.15. The van der Waals surface area contributed by atoms with Crippen LogP contribution in [0.5, 0.6) is 0 Å². The fourth-order valence-electron chi connectivity index (χ4n) is 2.34. The zero-order valence-corrected chi connectivity index (χ0v) is 10.8. The normalized spacial score (nSPS) is 15.6. The van der Waals surface area contributed by atoms with Crippen molar-refractivity contribution in [3.63, 3.8) is 0 Å². The molecule has 0 amide bonds. The van der Waals surface area contributed by atoms with Crippen molar-refractivity contribution >= 4 is 17.3 Å². The molecule has 0 bridgehead atoms. The molecule has 5 heteroatoms. The van der Waals surface area contributed by atoms with Gasteiger partial charge in [-0.25, -0.2) is 9.97 Å². The van der Waals surface area contributed by atoms with E-state index in [0.29, 0.717) is 0 Å². The molecule has 5 nitrogen and oxygen atoms in total. The lowest BCUT2D eigenvalue weighted by atomic mass is 10.3. The molecule has 1 aliphatic heterocycles. The van der Waals surface area contributed by atoms with E-state index in [-0.39, 0.29) is 0 Å². The van der Waals surface area contributed by atoms with Gasteiger partial charge in [0.2, 0.25) is 0 Å². The van der Waals surface area contributed by atoms with Crippen molar-refractivity contribution < 1.29 is 4.98 Å². The number of H-pyrrole nitrogens is 1. The Kier molecular flexibility index (Phi) is 3.18. The van der Waals surface area contributed by atoms with Gasteiger partial charge < -0.3 is 10.6 Å². The minimum atomic E-state index is 0.760. The van der Waals surface area contributed by atoms with Crippen LogP contribution in [0.1, 0.15) is 0 Å². The minimum Gasteiger partial charge on any atom is -0.396 e. The second-order valence-electron chi connectivity index (χ2n) is 4.67. The van der Waals surface area contributed by atoms with E-state index in [4.69, 9.17) is 5.73 Å². The van der Waals surface area contributed by atoms with E-state index in [9.17, 15) is 0 Å². The van der Waals surface area contributed by atoms with E-state index in [1.54, 1.807) is 0 Å². The molecular weight excluding hydrogens is 238 g/mol. The van der Waals surface area contributed by atoms with E-state index in [1.807, 2.05) is 36.7 Å². The number of piperazine rings is 1. The van der Waals surface area contributed by atoms with E-state index < -0.39 is 0 Å². The van der Waals surface area contributed by atoms with E-state index in [1.165, 1.54) is 0 Å². The highest BCUT2D eigenvalue weighted by Gasteiger charge is 2.23. The van der Waals surface area contributed by atoms with Crippen LogP contribution in [-0.2, 0) is 0 Å². The van der Waals surface area contributed by atoms with Crippen LogP contribution in [0, 0.1) is 0 Å². The Bertz CT molecular complexity index is 517. The van der Waals surface area contributed by atoms with Gasteiger partial charge in [-0.05, 0) is 18.2 Å². The SMILES string of the molecule is Nc1ccc(N2CCN(c3ccccn3)CC2)[nH+]c1. The van der Waals surface area contributed by atoms with Crippen LogP contribution in [0.25, 0.3) is 0 Å². The Hall–Kier alpha value is -2.30. The quantitative estimate of drug-likeness (QED) is 0.863. The Labute approximate surface area is 112 Å². The zero-order chi connectivity index (χ0) is 13.1. The first-order valence-electron chi connectivity index (χ1n) is 6.51. The van der Waals surface area contributed by atoms with Crippen LogP contribution in [0.4, 0.5) is 17.3 Å². The summed E-state index contributed by atoms with van der Waals surface area (Å²) in [4.78, 5) is 12.3. The highest BCUT2D eigenvalue weighted by atomic mass is 15.3. The molecule has 2 aromatic heterocycles. The molecule has 2 aromatic rings. The predicted octanol–water partition coefficient (Wildman–Crippen LogP) is 0.804. The molecular formula is C14H18N5+. The first-order valence-corrected chi connectivity index (χ1v) is 6.51. The summed E-state index contributed by atoms with van der Waals surface area (Å²) in [5, 5.41) is 0. The summed E-state index contributed by atoms with van der Waals surface area (Å²) in [6.07, 6.45) is 3.68. The van der Waals surface area contributed by atoms with Gasteiger partial charge in [0.1, 0.15) is 25.1 Å². The number of rotatable bonds is 2. The van der Waals surface area contributed by atoms with Gasteiger partial charge in [-0.15, -0.1) is 0 Å². The second kappa shape index (κ2) is 5.14. The Balaban J connectivity index is 1.65. The molecule has 0 aromatic carbocycles. The van der Waals surface area contributed by atoms with Gasteiger partial charge in [-0.1, -0.05) is 6.07 Å². The summed E-state index contributed by atoms with van der Waals surface area (Å²) in [6, 6.07) is 10.00. The van der Waals surface area contributed by atoms with Gasteiger partial charge >= 0.3 is 0 Å². The molecule has 0 spiro atoms. The maximum Gasteiger partial charge on any atom is 0.274 e. The molecule has 3 rings (SSSR count). The average Bonchev–Trinajstić information content (AvgIpc) is 2.49. The summed E-state index contributed by atoms with van der Waals surface area (Å²) in [5.41, 5.74) is 6.45. The maximum absolute atomic E-state index is 5.69. The van der Waals surface area contributed by atoms with E-state index >= 15 is 0 Å². The third-order valence-electron chi connectivity index (χ3n) is 3.41. The Morgan fingerprint density at radius 1 is 1.00 bits per heavy atom. The van der Waals surface area contributed by atoms with Crippen molar-refractivity contribution in [2.24, 2.45) is 0 Å². The standard InChI is InChI=1S/C14H17N5/c15-12-4-5-14(17-11-12)19-9-7-18(8-10-19)13-3-1-2-6-16-13/h1-6,11H,7-10,15H2/p+1. The zero-order valence-electron chi connectivity index (χ0n) is 10.8. The summed E-state index contributed by atoms with van der Waals surface area (Å²) in [7, 11) is 0. The summed E-state index contributed by atoms with van der Waals surface area (Å²) in [6.45, 7) is 3.93. The van der Waals surface area contributed by atoms with Crippen LogP contribution in [-0.4, -0.2) is 31.2 Å². The van der Waals surface area contributed by atoms with Gasteiger partial charge in [0.15, 0.2) is 0 Å². The van der Waals surface area contributed by atoms with Crippen LogP contribution in [0.2, 0.25) is 0 Å². The van der Waals surface area contributed by atoms with Crippen LogP contribution in [0.3, 0.4) is 0 Å². The fraction of sp³-hybridized carbons (Fsp3) is 0.286. The lowest BCUT2D eigenvalue weighted by Crippen LogP contribution is -2.48. The molecule has 98 valence electrons. The first-order chi connectivity index (χ1) is 9.33. The van der Waals surface area contributed by atoms with Crippen LogP contribution < -0.4 is 20.5 Å². The summed E-state index contributed by atoms with van der Waals surface area (Å²) in [5.74, 6) is 2.18. The molecule has 3 N–H and O–H groups in total.